The summed E-state index contributed by atoms with van der Waals surface area (Å²) in [6.07, 6.45) is 5.41. The molecule has 5 heterocycles. The molecule has 3 aromatic heterocycles. The van der Waals surface area contributed by atoms with Crippen molar-refractivity contribution < 1.29 is 9.15 Å². The zero-order valence-electron chi connectivity index (χ0n) is 17.9. The van der Waals surface area contributed by atoms with E-state index in [1.807, 2.05) is 6.07 Å². The second kappa shape index (κ2) is 7.32. The van der Waals surface area contributed by atoms with Gasteiger partial charge in [0, 0.05) is 49.0 Å². The molecular weight excluding hydrogens is 388 g/mol. The number of rotatable bonds is 5. The Hall–Kier alpha value is -2.96. The van der Waals surface area contributed by atoms with Gasteiger partial charge in [-0.1, -0.05) is 23.8 Å². The Morgan fingerprint density at radius 3 is 2.90 bits per heavy atom. The van der Waals surface area contributed by atoms with Gasteiger partial charge in [0.2, 0.25) is 0 Å². The number of nitrogens with zero attached hydrogens (tertiary/aromatic N) is 4. The molecule has 2 aliphatic rings. The van der Waals surface area contributed by atoms with Gasteiger partial charge in [-0.2, -0.15) is 5.10 Å². The Bertz CT molecular complexity index is 1260. The van der Waals surface area contributed by atoms with Gasteiger partial charge in [-0.05, 0) is 38.0 Å². The first kappa shape index (κ1) is 18.8. The largest absolute Gasteiger partial charge is 0.462 e. The molecule has 0 spiro atoms. The summed E-state index contributed by atoms with van der Waals surface area (Å²) in [4.78, 5) is 7.36. The topological polar surface area (TPSA) is 55.8 Å². The summed E-state index contributed by atoms with van der Waals surface area (Å²) in [7, 11) is 1.69. The smallest absolute Gasteiger partial charge is 0.155 e. The summed E-state index contributed by atoms with van der Waals surface area (Å²) in [5.74, 6) is 1.88. The van der Waals surface area contributed by atoms with Gasteiger partial charge in [0.1, 0.15) is 18.1 Å². The average molecular weight is 415 g/mol. The summed E-state index contributed by atoms with van der Waals surface area (Å²) in [5.41, 5.74) is 6.92. The van der Waals surface area contributed by atoms with Gasteiger partial charge in [-0.25, -0.2) is 9.50 Å². The van der Waals surface area contributed by atoms with Crippen LogP contribution in [0.5, 0.6) is 0 Å². The molecule has 6 nitrogen and oxygen atoms in total. The summed E-state index contributed by atoms with van der Waals surface area (Å²) >= 11 is 0. The molecule has 31 heavy (non-hydrogen) atoms. The second-order valence-corrected chi connectivity index (χ2v) is 8.75. The van der Waals surface area contributed by atoms with Crippen LogP contribution in [0.25, 0.3) is 16.9 Å². The molecule has 2 aliphatic heterocycles. The van der Waals surface area contributed by atoms with Crippen molar-refractivity contribution in [2.75, 3.05) is 7.11 Å². The van der Waals surface area contributed by atoms with E-state index < -0.39 is 0 Å². The van der Waals surface area contributed by atoms with Crippen LogP contribution < -0.4 is 0 Å². The highest BCUT2D eigenvalue weighted by molar-refractivity contribution is 5.65. The van der Waals surface area contributed by atoms with Crippen molar-refractivity contribution in [1.82, 2.24) is 19.5 Å². The maximum atomic E-state index is 5.97. The lowest BCUT2D eigenvalue weighted by Gasteiger charge is -2.35. The number of hydrogen-bond donors (Lipinski definition) is 0. The number of hydrogen-bond acceptors (Lipinski definition) is 5. The van der Waals surface area contributed by atoms with E-state index in [2.05, 4.69) is 58.9 Å². The number of fused-ring (bicyclic) bond motifs is 6. The number of methoxy groups -OCH3 is 1. The van der Waals surface area contributed by atoms with Crippen LogP contribution in [0.3, 0.4) is 0 Å². The van der Waals surface area contributed by atoms with Crippen molar-refractivity contribution in [2.45, 2.75) is 51.4 Å². The van der Waals surface area contributed by atoms with Gasteiger partial charge >= 0.3 is 0 Å². The van der Waals surface area contributed by atoms with E-state index in [1.165, 1.54) is 23.2 Å². The van der Waals surface area contributed by atoms with Gasteiger partial charge < -0.3 is 9.15 Å². The van der Waals surface area contributed by atoms with Crippen molar-refractivity contribution >= 4 is 5.65 Å². The lowest BCUT2D eigenvalue weighted by molar-refractivity contribution is 0.140. The molecule has 0 saturated carbocycles. The molecule has 2 bridgehead atoms. The minimum atomic E-state index is 0.369. The number of ether oxygens (including phenoxy) is 1. The highest BCUT2D eigenvalue weighted by Gasteiger charge is 2.41. The molecule has 2 atom stereocenters. The quantitative estimate of drug-likeness (QED) is 0.474. The Morgan fingerprint density at radius 1 is 1.13 bits per heavy atom. The maximum absolute atomic E-state index is 5.97. The fraction of sp³-hybridized carbons (Fsp3) is 0.360. The van der Waals surface area contributed by atoms with Crippen LogP contribution in [0.1, 0.15) is 47.2 Å². The van der Waals surface area contributed by atoms with E-state index in [0.29, 0.717) is 18.7 Å². The maximum Gasteiger partial charge on any atom is 0.155 e. The van der Waals surface area contributed by atoms with Gasteiger partial charge in [-0.3, -0.25) is 4.90 Å². The zero-order chi connectivity index (χ0) is 20.9. The number of furan rings is 1. The fourth-order valence-corrected chi connectivity index (χ4v) is 5.28. The van der Waals surface area contributed by atoms with Crippen LogP contribution in [0.15, 0.2) is 53.1 Å². The molecule has 6 rings (SSSR count). The second-order valence-electron chi connectivity index (χ2n) is 8.75. The first-order valence-electron chi connectivity index (χ1n) is 11.0. The summed E-state index contributed by atoms with van der Waals surface area (Å²) in [6.45, 7) is 3.45. The van der Waals surface area contributed by atoms with Gasteiger partial charge in [0.05, 0.1) is 17.9 Å². The van der Waals surface area contributed by atoms with Crippen molar-refractivity contribution in [3.05, 3.63) is 77.0 Å². The van der Waals surface area contributed by atoms with Crippen molar-refractivity contribution in [1.29, 1.82) is 0 Å². The Balaban J connectivity index is 1.34. The predicted molar refractivity (Wildman–Crippen MR) is 118 cm³/mol. The van der Waals surface area contributed by atoms with E-state index in [0.717, 1.165) is 47.8 Å². The molecule has 0 unspecified atom stereocenters. The molecule has 4 aromatic rings. The first-order valence-corrected chi connectivity index (χ1v) is 11.0. The molecule has 1 fully saturated rings. The van der Waals surface area contributed by atoms with E-state index in [4.69, 9.17) is 19.2 Å². The fourth-order valence-electron chi connectivity index (χ4n) is 5.28. The molecule has 0 radical (unpaired) electrons. The van der Waals surface area contributed by atoms with E-state index >= 15 is 0 Å². The van der Waals surface area contributed by atoms with Crippen molar-refractivity contribution in [3.63, 3.8) is 0 Å². The number of benzene rings is 1. The molecule has 6 heteroatoms. The summed E-state index contributed by atoms with van der Waals surface area (Å²) in [5, 5.41) is 4.97. The molecule has 158 valence electrons. The highest BCUT2D eigenvalue weighted by atomic mass is 16.5. The number of aromatic nitrogens is 3. The third kappa shape index (κ3) is 3.18. The first-order chi connectivity index (χ1) is 15.2. The minimum absolute atomic E-state index is 0.369. The van der Waals surface area contributed by atoms with Gasteiger partial charge in [-0.15, -0.1) is 0 Å². The lowest BCUT2D eigenvalue weighted by Crippen LogP contribution is -2.38. The molecule has 0 amide bonds. The predicted octanol–water partition coefficient (Wildman–Crippen LogP) is 4.71. The Morgan fingerprint density at radius 2 is 2.03 bits per heavy atom. The highest BCUT2D eigenvalue weighted by Crippen LogP contribution is 2.44. The Kier molecular flexibility index (Phi) is 4.44. The molecule has 0 aliphatic carbocycles. The van der Waals surface area contributed by atoms with E-state index in [-0.39, 0.29) is 0 Å². The normalized spacial score (nSPS) is 20.5. The van der Waals surface area contributed by atoms with Crippen LogP contribution in [0.2, 0.25) is 0 Å². The van der Waals surface area contributed by atoms with Gasteiger partial charge in [0.25, 0.3) is 0 Å². The van der Waals surface area contributed by atoms with Crippen molar-refractivity contribution in [3.8, 4) is 11.3 Å². The van der Waals surface area contributed by atoms with E-state index in [1.54, 1.807) is 7.11 Å². The van der Waals surface area contributed by atoms with E-state index in [9.17, 15) is 0 Å². The molecular formula is C25H26N4O2. The third-order valence-corrected chi connectivity index (χ3v) is 6.70. The molecule has 1 saturated heterocycles. The van der Waals surface area contributed by atoms with Crippen LogP contribution >= 0.6 is 0 Å². The summed E-state index contributed by atoms with van der Waals surface area (Å²) < 4.78 is 13.2. The van der Waals surface area contributed by atoms with Crippen LogP contribution in [-0.4, -0.2) is 32.6 Å². The van der Waals surface area contributed by atoms with Crippen LogP contribution in [0, 0.1) is 6.92 Å². The average Bonchev–Trinajstić information content (AvgIpc) is 3.46. The third-order valence-electron chi connectivity index (χ3n) is 6.70. The SMILES string of the molecule is COCc1ccc(CN2[C@@H]3CC[C@H]2c2cnc4cc(-c5cccc(C)c5)nn4c2C3)o1. The molecule has 1 aromatic carbocycles. The molecule has 0 N–H and O–H groups in total. The monoisotopic (exact) mass is 414 g/mol. The van der Waals surface area contributed by atoms with Crippen LogP contribution in [0.4, 0.5) is 0 Å². The zero-order valence-corrected chi connectivity index (χ0v) is 17.9. The van der Waals surface area contributed by atoms with Crippen molar-refractivity contribution in [2.24, 2.45) is 0 Å². The Labute approximate surface area is 181 Å². The minimum Gasteiger partial charge on any atom is -0.462 e. The number of aryl methyl sites for hydroxylation is 1. The van der Waals surface area contributed by atoms with Crippen LogP contribution in [-0.2, 0) is 24.3 Å². The lowest BCUT2D eigenvalue weighted by atomic mass is 9.99. The van der Waals surface area contributed by atoms with Gasteiger partial charge in [0.15, 0.2) is 5.65 Å². The standard InChI is InChI=1S/C25H26N4O2/c1-16-4-3-5-17(10-16)22-12-25-26-13-21-23-9-6-18(11-24(21)29(25)27-22)28(23)14-19-7-8-20(31-19)15-30-2/h3-5,7-8,10,12-13,18,23H,6,9,11,14-15H2,1-2H3/t18-,23+/m1/s1. The summed E-state index contributed by atoms with van der Waals surface area (Å²) in [6, 6.07) is 15.6.